The second-order valence-electron chi connectivity index (χ2n) is 4.30. The van der Waals surface area contributed by atoms with Crippen LogP contribution in [0.3, 0.4) is 0 Å². The van der Waals surface area contributed by atoms with Crippen molar-refractivity contribution in [2.75, 3.05) is 11.1 Å². The average molecular weight is 314 g/mol. The van der Waals surface area contributed by atoms with E-state index in [1.165, 1.54) is 12.8 Å². The number of amides is 1. The standard InChI is InChI=1S/C13H16BrNOS/c1-9-5-6-10(14)8-11(9)15-13(16)12-4-2-3-7-17-12/h5-6,8,12H,2-4,7H2,1H3,(H,15,16). The van der Waals surface area contributed by atoms with E-state index in [1.54, 1.807) is 11.8 Å². The molecule has 4 heteroatoms. The molecular formula is C13H16BrNOS. The molecule has 2 nitrogen and oxygen atoms in total. The first kappa shape index (κ1) is 13.0. The molecular weight excluding hydrogens is 298 g/mol. The van der Waals surface area contributed by atoms with Crippen LogP contribution in [-0.2, 0) is 4.79 Å². The minimum atomic E-state index is 0.127. The van der Waals surface area contributed by atoms with Gasteiger partial charge in [-0.3, -0.25) is 4.79 Å². The van der Waals surface area contributed by atoms with E-state index in [1.807, 2.05) is 25.1 Å². The fourth-order valence-corrected chi connectivity index (χ4v) is 3.45. The lowest BCUT2D eigenvalue weighted by atomic mass is 10.1. The number of thioether (sulfide) groups is 1. The predicted octanol–water partition coefficient (Wildman–Crippen LogP) is 3.98. The lowest BCUT2D eigenvalue weighted by Gasteiger charge is -2.21. The SMILES string of the molecule is Cc1ccc(Br)cc1NC(=O)C1CCCCS1. The highest BCUT2D eigenvalue weighted by molar-refractivity contribution is 9.10. The molecule has 17 heavy (non-hydrogen) atoms. The van der Waals surface area contributed by atoms with Gasteiger partial charge in [0, 0.05) is 10.2 Å². The van der Waals surface area contributed by atoms with E-state index >= 15 is 0 Å². The Morgan fingerprint density at radius 3 is 3.00 bits per heavy atom. The van der Waals surface area contributed by atoms with Crippen LogP contribution in [0.4, 0.5) is 5.69 Å². The van der Waals surface area contributed by atoms with Crippen LogP contribution in [0.15, 0.2) is 22.7 Å². The van der Waals surface area contributed by atoms with Crippen LogP contribution in [-0.4, -0.2) is 16.9 Å². The van der Waals surface area contributed by atoms with Gasteiger partial charge in [0.15, 0.2) is 0 Å². The summed E-state index contributed by atoms with van der Waals surface area (Å²) in [5.41, 5.74) is 2.01. The summed E-state index contributed by atoms with van der Waals surface area (Å²) in [6, 6.07) is 5.95. The molecule has 1 atom stereocenters. The molecule has 0 aromatic heterocycles. The number of rotatable bonds is 2. The highest BCUT2D eigenvalue weighted by atomic mass is 79.9. The van der Waals surface area contributed by atoms with Crippen LogP contribution >= 0.6 is 27.7 Å². The molecule has 1 heterocycles. The summed E-state index contributed by atoms with van der Waals surface area (Å²) in [4.78, 5) is 12.1. The number of carbonyl (C=O) groups is 1. The lowest BCUT2D eigenvalue weighted by molar-refractivity contribution is -0.115. The molecule has 1 aliphatic rings. The average Bonchev–Trinajstić information content (AvgIpc) is 2.35. The first-order valence-corrected chi connectivity index (χ1v) is 7.69. The largest absolute Gasteiger partial charge is 0.325 e. The van der Waals surface area contributed by atoms with Crippen molar-refractivity contribution in [3.05, 3.63) is 28.2 Å². The van der Waals surface area contributed by atoms with Gasteiger partial charge in [0.2, 0.25) is 5.91 Å². The van der Waals surface area contributed by atoms with Gasteiger partial charge in [-0.05, 0) is 43.2 Å². The molecule has 1 fully saturated rings. The first-order valence-electron chi connectivity index (χ1n) is 5.85. The zero-order valence-electron chi connectivity index (χ0n) is 9.83. The molecule has 2 rings (SSSR count). The number of benzene rings is 1. The summed E-state index contributed by atoms with van der Waals surface area (Å²) in [5.74, 6) is 1.26. The molecule has 1 saturated heterocycles. The number of aryl methyl sites for hydroxylation is 1. The van der Waals surface area contributed by atoms with Crippen LogP contribution in [0.5, 0.6) is 0 Å². The van der Waals surface area contributed by atoms with Crippen LogP contribution < -0.4 is 5.32 Å². The maximum atomic E-state index is 12.1. The van der Waals surface area contributed by atoms with Crippen LogP contribution in [0.2, 0.25) is 0 Å². The first-order chi connectivity index (χ1) is 8.16. The number of hydrogen-bond acceptors (Lipinski definition) is 2. The van der Waals surface area contributed by atoms with E-state index in [0.717, 1.165) is 27.9 Å². The summed E-state index contributed by atoms with van der Waals surface area (Å²) in [6.07, 6.45) is 3.41. The van der Waals surface area contributed by atoms with Gasteiger partial charge in [-0.1, -0.05) is 28.4 Å². The smallest absolute Gasteiger partial charge is 0.237 e. The Morgan fingerprint density at radius 2 is 2.29 bits per heavy atom. The molecule has 0 bridgehead atoms. The number of nitrogens with one attached hydrogen (secondary N) is 1. The third kappa shape index (κ3) is 3.49. The van der Waals surface area contributed by atoms with E-state index in [-0.39, 0.29) is 11.2 Å². The number of hydrogen-bond donors (Lipinski definition) is 1. The molecule has 0 spiro atoms. The zero-order chi connectivity index (χ0) is 12.3. The quantitative estimate of drug-likeness (QED) is 0.894. The molecule has 0 saturated carbocycles. The Balaban J connectivity index is 2.04. The van der Waals surface area contributed by atoms with E-state index in [9.17, 15) is 4.79 Å². The van der Waals surface area contributed by atoms with Crippen molar-refractivity contribution in [1.82, 2.24) is 0 Å². The van der Waals surface area contributed by atoms with Gasteiger partial charge in [0.1, 0.15) is 0 Å². The van der Waals surface area contributed by atoms with Crippen LogP contribution in [0, 0.1) is 6.92 Å². The van der Waals surface area contributed by atoms with Crippen molar-refractivity contribution in [3.8, 4) is 0 Å². The summed E-state index contributed by atoms with van der Waals surface area (Å²) >= 11 is 5.20. The maximum Gasteiger partial charge on any atom is 0.237 e. The Morgan fingerprint density at radius 1 is 1.47 bits per heavy atom. The van der Waals surface area contributed by atoms with E-state index < -0.39 is 0 Å². The summed E-state index contributed by atoms with van der Waals surface area (Å²) < 4.78 is 0.995. The van der Waals surface area contributed by atoms with Gasteiger partial charge >= 0.3 is 0 Å². The molecule has 1 aromatic carbocycles. The molecule has 1 aromatic rings. The lowest BCUT2D eigenvalue weighted by Crippen LogP contribution is -2.27. The minimum Gasteiger partial charge on any atom is -0.325 e. The van der Waals surface area contributed by atoms with E-state index in [2.05, 4.69) is 21.2 Å². The Hall–Kier alpha value is -0.480. The van der Waals surface area contributed by atoms with Crippen molar-refractivity contribution in [3.63, 3.8) is 0 Å². The molecule has 1 N–H and O–H groups in total. The van der Waals surface area contributed by atoms with Crippen molar-refractivity contribution >= 4 is 39.3 Å². The van der Waals surface area contributed by atoms with Gasteiger partial charge in [-0.2, -0.15) is 0 Å². The normalized spacial score (nSPS) is 20.0. The summed E-state index contributed by atoms with van der Waals surface area (Å²) in [6.45, 7) is 2.01. The third-order valence-corrected chi connectivity index (χ3v) is 4.80. The highest BCUT2D eigenvalue weighted by Crippen LogP contribution is 2.27. The van der Waals surface area contributed by atoms with Crippen LogP contribution in [0.1, 0.15) is 24.8 Å². The van der Waals surface area contributed by atoms with Gasteiger partial charge in [0.25, 0.3) is 0 Å². The number of carbonyl (C=O) groups excluding carboxylic acids is 1. The van der Waals surface area contributed by atoms with Gasteiger partial charge in [-0.25, -0.2) is 0 Å². The molecule has 0 radical (unpaired) electrons. The summed E-state index contributed by atoms with van der Waals surface area (Å²) in [7, 11) is 0. The molecule has 1 amide bonds. The Bertz CT molecular complexity index is 416. The number of halogens is 1. The van der Waals surface area contributed by atoms with Crippen molar-refractivity contribution < 1.29 is 4.79 Å². The third-order valence-electron chi connectivity index (χ3n) is 2.93. The molecule has 1 unspecified atom stereocenters. The second kappa shape index (κ2) is 5.91. The highest BCUT2D eigenvalue weighted by Gasteiger charge is 2.22. The van der Waals surface area contributed by atoms with Gasteiger partial charge in [-0.15, -0.1) is 11.8 Å². The molecule has 1 aliphatic heterocycles. The predicted molar refractivity (Wildman–Crippen MR) is 77.6 cm³/mol. The van der Waals surface area contributed by atoms with E-state index in [0.29, 0.717) is 0 Å². The second-order valence-corrected chi connectivity index (χ2v) is 6.53. The molecule has 0 aliphatic carbocycles. The zero-order valence-corrected chi connectivity index (χ0v) is 12.2. The fraction of sp³-hybridized carbons (Fsp3) is 0.462. The summed E-state index contributed by atoms with van der Waals surface area (Å²) in [5, 5.41) is 3.16. The van der Waals surface area contributed by atoms with Gasteiger partial charge < -0.3 is 5.32 Å². The van der Waals surface area contributed by atoms with E-state index in [4.69, 9.17) is 0 Å². The Kier molecular flexibility index (Phi) is 4.51. The maximum absolute atomic E-state index is 12.1. The topological polar surface area (TPSA) is 29.1 Å². The van der Waals surface area contributed by atoms with Crippen molar-refractivity contribution in [2.45, 2.75) is 31.4 Å². The van der Waals surface area contributed by atoms with Crippen molar-refractivity contribution in [1.29, 1.82) is 0 Å². The Labute approximate surface area is 115 Å². The fourth-order valence-electron chi connectivity index (χ4n) is 1.89. The van der Waals surface area contributed by atoms with Crippen LogP contribution in [0.25, 0.3) is 0 Å². The van der Waals surface area contributed by atoms with Gasteiger partial charge in [0.05, 0.1) is 5.25 Å². The molecule has 92 valence electrons. The minimum absolute atomic E-state index is 0.127. The van der Waals surface area contributed by atoms with Crippen molar-refractivity contribution in [2.24, 2.45) is 0 Å². The monoisotopic (exact) mass is 313 g/mol. The number of anilines is 1.